The van der Waals surface area contributed by atoms with E-state index in [4.69, 9.17) is 9.47 Å². The van der Waals surface area contributed by atoms with E-state index in [0.29, 0.717) is 35.2 Å². The lowest BCUT2D eigenvalue weighted by atomic mass is 9.80. The van der Waals surface area contributed by atoms with Gasteiger partial charge in [-0.05, 0) is 37.3 Å². The molecule has 1 fully saturated rings. The zero-order valence-electron chi connectivity index (χ0n) is 22.9. The Balaban J connectivity index is 1.15. The van der Waals surface area contributed by atoms with Gasteiger partial charge in [0.25, 0.3) is 0 Å². The third kappa shape index (κ3) is 5.33. The lowest BCUT2D eigenvalue weighted by molar-refractivity contribution is -0.159. The molecule has 1 heterocycles. The van der Waals surface area contributed by atoms with Gasteiger partial charge in [-0.3, -0.25) is 9.59 Å². The molecule has 0 aliphatic heterocycles. The van der Waals surface area contributed by atoms with Crippen LogP contribution in [0.25, 0.3) is 34.2 Å². The topological polar surface area (TPSA) is 132 Å². The first-order valence-corrected chi connectivity index (χ1v) is 13.8. The Morgan fingerprint density at radius 1 is 0.833 bits per heavy atom. The number of aliphatic carboxylic acids is 1. The average molecular weight is 564 g/mol. The van der Waals surface area contributed by atoms with Gasteiger partial charge in [0.2, 0.25) is 0 Å². The minimum absolute atomic E-state index is 0.0417. The van der Waals surface area contributed by atoms with Crippen molar-refractivity contribution in [2.45, 2.75) is 13.3 Å². The maximum atomic E-state index is 12.8. The molecule has 2 aliphatic rings. The van der Waals surface area contributed by atoms with E-state index in [1.807, 2.05) is 73.7 Å². The fraction of sp³-hybridized carbons (Fsp3) is 0.242. The number of benzene rings is 3. The predicted octanol–water partition coefficient (Wildman–Crippen LogP) is 5.41. The molecule has 9 nitrogen and oxygen atoms in total. The summed E-state index contributed by atoms with van der Waals surface area (Å²) in [6, 6.07) is 23.9. The molecule has 2 bridgehead atoms. The second kappa shape index (κ2) is 11.4. The van der Waals surface area contributed by atoms with Crippen molar-refractivity contribution in [1.82, 2.24) is 15.0 Å². The summed E-state index contributed by atoms with van der Waals surface area (Å²) in [5.74, 6) is -1.57. The number of carbonyl (C=O) groups is 2. The second-order valence-corrected chi connectivity index (χ2v) is 10.5. The number of carboxylic acid groups (broad SMARTS) is 1. The van der Waals surface area contributed by atoms with Crippen LogP contribution >= 0.6 is 0 Å². The number of carbonyl (C=O) groups excluding carboxylic acids is 1. The van der Waals surface area contributed by atoms with E-state index in [-0.39, 0.29) is 30.8 Å². The molecule has 4 aromatic rings. The Hall–Kier alpha value is -5.05. The molecule has 0 radical (unpaired) electrons. The molecule has 3 aromatic carbocycles. The van der Waals surface area contributed by atoms with Crippen molar-refractivity contribution in [2.24, 2.45) is 23.7 Å². The maximum absolute atomic E-state index is 12.8. The SMILES string of the molecule is CC1=CC2CC1C(C(=O)O)C2C(=O)OCCOc1ccc(-c2nc(-c3ccccc3)nc(-c3ccccc3)n2)c(O)c1. The van der Waals surface area contributed by atoms with Crippen molar-refractivity contribution in [3.05, 3.63) is 90.5 Å². The van der Waals surface area contributed by atoms with Crippen LogP contribution < -0.4 is 4.74 Å². The fourth-order valence-corrected chi connectivity index (χ4v) is 5.97. The molecule has 0 saturated heterocycles. The van der Waals surface area contributed by atoms with E-state index in [1.54, 1.807) is 12.1 Å². The molecule has 4 unspecified atom stereocenters. The predicted molar refractivity (Wildman–Crippen MR) is 154 cm³/mol. The van der Waals surface area contributed by atoms with Gasteiger partial charge in [0.15, 0.2) is 17.5 Å². The number of phenols is 1. The van der Waals surface area contributed by atoms with Crippen LogP contribution in [0.4, 0.5) is 0 Å². The summed E-state index contributed by atoms with van der Waals surface area (Å²) in [6.45, 7) is 1.92. The summed E-state index contributed by atoms with van der Waals surface area (Å²) in [7, 11) is 0. The number of aromatic hydroxyl groups is 1. The minimum Gasteiger partial charge on any atom is -0.507 e. The normalized spacial score (nSPS) is 20.6. The second-order valence-electron chi connectivity index (χ2n) is 10.5. The Morgan fingerprint density at radius 3 is 2.05 bits per heavy atom. The number of fused-ring (bicyclic) bond motifs is 2. The molecular weight excluding hydrogens is 534 g/mol. The van der Waals surface area contributed by atoms with Crippen molar-refractivity contribution < 1.29 is 29.3 Å². The number of esters is 1. The van der Waals surface area contributed by atoms with E-state index in [1.165, 1.54) is 6.07 Å². The fourth-order valence-electron chi connectivity index (χ4n) is 5.97. The first-order chi connectivity index (χ1) is 20.4. The number of carboxylic acids is 1. The highest BCUT2D eigenvalue weighted by Crippen LogP contribution is 2.52. The molecule has 2 aliphatic carbocycles. The summed E-state index contributed by atoms with van der Waals surface area (Å²) < 4.78 is 11.1. The van der Waals surface area contributed by atoms with Crippen molar-refractivity contribution >= 4 is 11.9 Å². The van der Waals surface area contributed by atoms with Gasteiger partial charge in [-0.25, -0.2) is 15.0 Å². The third-order valence-corrected chi connectivity index (χ3v) is 7.93. The number of rotatable bonds is 9. The number of hydrogen-bond acceptors (Lipinski definition) is 8. The van der Waals surface area contributed by atoms with Crippen LogP contribution in [-0.4, -0.2) is 50.3 Å². The molecule has 212 valence electrons. The summed E-state index contributed by atoms with van der Waals surface area (Å²) in [4.78, 5) is 38.5. The molecule has 2 N–H and O–H groups in total. The van der Waals surface area contributed by atoms with E-state index in [2.05, 4.69) is 15.0 Å². The van der Waals surface area contributed by atoms with Crippen LogP contribution in [-0.2, 0) is 14.3 Å². The monoisotopic (exact) mass is 563 g/mol. The van der Waals surface area contributed by atoms with Crippen molar-refractivity contribution in [2.75, 3.05) is 13.2 Å². The van der Waals surface area contributed by atoms with Crippen LogP contribution in [0.2, 0.25) is 0 Å². The molecule has 42 heavy (non-hydrogen) atoms. The van der Waals surface area contributed by atoms with Gasteiger partial charge in [-0.15, -0.1) is 0 Å². The maximum Gasteiger partial charge on any atom is 0.310 e. The van der Waals surface area contributed by atoms with Crippen LogP contribution in [0.1, 0.15) is 13.3 Å². The number of phenolic OH excluding ortho intramolecular Hbond substituents is 1. The van der Waals surface area contributed by atoms with Gasteiger partial charge in [0.05, 0.1) is 17.4 Å². The molecule has 1 aromatic heterocycles. The molecule has 9 heteroatoms. The Morgan fingerprint density at radius 2 is 1.45 bits per heavy atom. The standard InChI is InChI=1S/C33H29N3O6/c1-19-16-22-17-25(19)28(32(38)39)27(22)33(40)42-15-14-41-23-12-13-24(26(37)18-23)31-35-29(20-8-4-2-5-9-20)34-30(36-31)21-10-6-3-7-11-21/h2-13,16,18,22,25,27-28,37H,14-15,17H2,1H3,(H,38,39). The largest absolute Gasteiger partial charge is 0.507 e. The lowest BCUT2D eigenvalue weighted by Crippen LogP contribution is -2.35. The Labute approximate surface area is 242 Å². The van der Waals surface area contributed by atoms with Crippen LogP contribution in [0.3, 0.4) is 0 Å². The zero-order chi connectivity index (χ0) is 29.2. The van der Waals surface area contributed by atoms with Gasteiger partial charge in [0.1, 0.15) is 24.7 Å². The zero-order valence-corrected chi connectivity index (χ0v) is 22.9. The smallest absolute Gasteiger partial charge is 0.310 e. The summed E-state index contributed by atoms with van der Waals surface area (Å²) >= 11 is 0. The van der Waals surface area contributed by atoms with E-state index >= 15 is 0 Å². The number of ether oxygens (including phenoxy) is 2. The number of allylic oxidation sites excluding steroid dienone is 2. The Kier molecular flexibility index (Phi) is 7.39. The van der Waals surface area contributed by atoms with E-state index in [0.717, 1.165) is 16.7 Å². The summed E-state index contributed by atoms with van der Waals surface area (Å²) in [6.07, 6.45) is 2.67. The summed E-state index contributed by atoms with van der Waals surface area (Å²) in [5, 5.41) is 20.6. The van der Waals surface area contributed by atoms with Gasteiger partial charge in [0, 0.05) is 17.2 Å². The number of aromatic nitrogens is 3. The first-order valence-electron chi connectivity index (χ1n) is 13.8. The third-order valence-electron chi connectivity index (χ3n) is 7.93. The highest BCUT2D eigenvalue weighted by Gasteiger charge is 2.54. The van der Waals surface area contributed by atoms with E-state index < -0.39 is 23.8 Å². The first kappa shape index (κ1) is 27.1. The molecule has 0 spiro atoms. The highest BCUT2D eigenvalue weighted by molar-refractivity contribution is 5.84. The molecule has 0 amide bonds. The van der Waals surface area contributed by atoms with Crippen LogP contribution in [0, 0.1) is 23.7 Å². The van der Waals surface area contributed by atoms with Gasteiger partial charge >= 0.3 is 11.9 Å². The average Bonchev–Trinajstić information content (AvgIpc) is 3.57. The van der Waals surface area contributed by atoms with Gasteiger partial charge in [-0.2, -0.15) is 0 Å². The Bertz CT molecular complexity index is 1600. The van der Waals surface area contributed by atoms with Gasteiger partial charge in [-0.1, -0.05) is 72.3 Å². The molecule has 6 rings (SSSR count). The molecule has 1 saturated carbocycles. The highest BCUT2D eigenvalue weighted by atomic mass is 16.6. The quantitative estimate of drug-likeness (QED) is 0.156. The molecular formula is C33H29N3O6. The van der Waals surface area contributed by atoms with E-state index in [9.17, 15) is 19.8 Å². The number of nitrogens with zero attached hydrogens (tertiary/aromatic N) is 3. The van der Waals surface area contributed by atoms with Gasteiger partial charge < -0.3 is 19.7 Å². The van der Waals surface area contributed by atoms with Crippen LogP contribution in [0.15, 0.2) is 90.5 Å². The van der Waals surface area contributed by atoms with Crippen molar-refractivity contribution in [3.8, 4) is 45.7 Å². The van der Waals surface area contributed by atoms with Crippen molar-refractivity contribution in [3.63, 3.8) is 0 Å². The summed E-state index contributed by atoms with van der Waals surface area (Å²) in [5.41, 5.74) is 3.08. The minimum atomic E-state index is -0.964. The number of hydrogen-bond donors (Lipinski definition) is 2. The van der Waals surface area contributed by atoms with Crippen LogP contribution in [0.5, 0.6) is 11.5 Å². The lowest BCUT2D eigenvalue weighted by Gasteiger charge is -2.25. The molecule has 4 atom stereocenters. The van der Waals surface area contributed by atoms with Crippen molar-refractivity contribution in [1.29, 1.82) is 0 Å².